The molecule has 0 aliphatic carbocycles. The van der Waals surface area contributed by atoms with Crippen LogP contribution in [-0.4, -0.2) is 12.3 Å². The monoisotopic (exact) mass is 252 g/mol. The minimum atomic E-state index is -2.57. The smallest absolute Gasteiger partial charge is 0.290 e. The first-order chi connectivity index (χ1) is 8.17. The van der Waals surface area contributed by atoms with Crippen molar-refractivity contribution in [2.24, 2.45) is 0 Å². The van der Waals surface area contributed by atoms with Gasteiger partial charge in [0.1, 0.15) is 5.58 Å². The number of fused-ring (bicyclic) bond motifs is 1. The van der Waals surface area contributed by atoms with Gasteiger partial charge < -0.3 is 8.94 Å². The SMILES string of the molecule is CCCP(=O)(CC)Oc1cc2ccccc2o1. The third-order valence-corrected chi connectivity index (χ3v) is 5.31. The number of rotatable bonds is 5. The van der Waals surface area contributed by atoms with Gasteiger partial charge in [-0.25, -0.2) is 0 Å². The van der Waals surface area contributed by atoms with E-state index in [0.29, 0.717) is 18.3 Å². The molecule has 0 aliphatic heterocycles. The molecule has 0 saturated heterocycles. The molecule has 0 bridgehead atoms. The molecule has 0 radical (unpaired) electrons. The number of benzene rings is 1. The Labute approximate surface area is 101 Å². The summed E-state index contributed by atoms with van der Waals surface area (Å²) in [4.78, 5) is 0. The molecule has 17 heavy (non-hydrogen) atoms. The second-order valence-corrected chi connectivity index (χ2v) is 6.94. The summed E-state index contributed by atoms with van der Waals surface area (Å²) < 4.78 is 23.4. The lowest BCUT2D eigenvalue weighted by atomic mass is 10.3. The van der Waals surface area contributed by atoms with Crippen molar-refractivity contribution in [3.8, 4) is 5.95 Å². The van der Waals surface area contributed by atoms with Crippen LogP contribution in [0.2, 0.25) is 0 Å². The van der Waals surface area contributed by atoms with E-state index in [1.54, 1.807) is 6.07 Å². The van der Waals surface area contributed by atoms with Crippen molar-refractivity contribution in [1.82, 2.24) is 0 Å². The normalized spacial score (nSPS) is 14.7. The highest BCUT2D eigenvalue weighted by Crippen LogP contribution is 2.48. The first-order valence-corrected chi connectivity index (χ1v) is 7.92. The number of furan rings is 1. The summed E-state index contributed by atoms with van der Waals surface area (Å²) >= 11 is 0. The van der Waals surface area contributed by atoms with Crippen LogP contribution in [0.1, 0.15) is 20.3 Å². The van der Waals surface area contributed by atoms with Gasteiger partial charge in [-0.15, -0.1) is 0 Å². The number of para-hydroxylation sites is 1. The summed E-state index contributed by atoms with van der Waals surface area (Å²) in [5.74, 6) is 0.366. The fraction of sp³-hybridized carbons (Fsp3) is 0.385. The second kappa shape index (κ2) is 4.97. The third kappa shape index (κ3) is 2.73. The maximum Gasteiger partial charge on any atom is 0.290 e. The van der Waals surface area contributed by atoms with Crippen molar-refractivity contribution < 1.29 is 13.5 Å². The lowest BCUT2D eigenvalue weighted by Gasteiger charge is -2.14. The van der Waals surface area contributed by atoms with Crippen LogP contribution in [0.25, 0.3) is 11.0 Å². The van der Waals surface area contributed by atoms with E-state index in [-0.39, 0.29) is 0 Å². The standard InChI is InChI=1S/C13H17O3P/c1-3-9-17(14,4-2)16-13-10-11-7-5-6-8-12(11)15-13/h5-8,10H,3-4,9H2,1-2H3. The van der Waals surface area contributed by atoms with E-state index in [0.717, 1.165) is 17.4 Å². The minimum absolute atomic E-state index is 0.366. The van der Waals surface area contributed by atoms with Gasteiger partial charge in [-0.05, 0) is 12.5 Å². The maximum absolute atomic E-state index is 12.3. The van der Waals surface area contributed by atoms with Gasteiger partial charge in [0.25, 0.3) is 13.3 Å². The molecule has 1 heterocycles. The van der Waals surface area contributed by atoms with E-state index >= 15 is 0 Å². The van der Waals surface area contributed by atoms with Gasteiger partial charge in [-0.3, -0.25) is 4.57 Å². The zero-order valence-corrected chi connectivity index (χ0v) is 11.1. The van der Waals surface area contributed by atoms with Crippen LogP contribution in [0.4, 0.5) is 0 Å². The molecule has 1 unspecified atom stereocenters. The third-order valence-electron chi connectivity index (χ3n) is 2.71. The molecule has 0 amide bonds. The van der Waals surface area contributed by atoms with Crippen molar-refractivity contribution in [2.45, 2.75) is 20.3 Å². The highest BCUT2D eigenvalue weighted by molar-refractivity contribution is 7.59. The van der Waals surface area contributed by atoms with E-state index in [1.807, 2.05) is 38.1 Å². The van der Waals surface area contributed by atoms with Crippen LogP contribution in [0.3, 0.4) is 0 Å². The van der Waals surface area contributed by atoms with Gasteiger partial charge in [0.2, 0.25) is 0 Å². The fourth-order valence-electron chi connectivity index (χ4n) is 1.78. The van der Waals surface area contributed by atoms with Crippen molar-refractivity contribution in [3.63, 3.8) is 0 Å². The quantitative estimate of drug-likeness (QED) is 0.734. The lowest BCUT2D eigenvalue weighted by molar-refractivity contribution is 0.394. The molecule has 0 spiro atoms. The van der Waals surface area contributed by atoms with Crippen molar-refractivity contribution >= 4 is 18.3 Å². The fourth-order valence-corrected chi connectivity index (χ4v) is 3.41. The molecule has 92 valence electrons. The summed E-state index contributed by atoms with van der Waals surface area (Å²) in [7, 11) is -2.57. The van der Waals surface area contributed by atoms with Crippen LogP contribution in [0.5, 0.6) is 5.95 Å². The molecular weight excluding hydrogens is 235 g/mol. The molecule has 1 aromatic heterocycles. The Balaban J connectivity index is 2.25. The van der Waals surface area contributed by atoms with E-state index < -0.39 is 7.37 Å². The van der Waals surface area contributed by atoms with E-state index in [9.17, 15) is 4.57 Å². The van der Waals surface area contributed by atoms with Gasteiger partial charge in [0.15, 0.2) is 0 Å². The van der Waals surface area contributed by atoms with Crippen LogP contribution in [0, 0.1) is 0 Å². The maximum atomic E-state index is 12.3. The predicted octanol–water partition coefficient (Wildman–Crippen LogP) is 4.52. The van der Waals surface area contributed by atoms with E-state index in [1.165, 1.54) is 0 Å². The van der Waals surface area contributed by atoms with Crippen molar-refractivity contribution in [1.29, 1.82) is 0 Å². The van der Waals surface area contributed by atoms with Crippen LogP contribution < -0.4 is 4.52 Å². The average Bonchev–Trinajstić information content (AvgIpc) is 2.71. The Morgan fingerprint density at radius 1 is 1.29 bits per heavy atom. The summed E-state index contributed by atoms with van der Waals surface area (Å²) in [6.45, 7) is 3.89. The Morgan fingerprint density at radius 2 is 2.06 bits per heavy atom. The minimum Gasteiger partial charge on any atom is -0.425 e. The molecule has 4 heteroatoms. The summed E-state index contributed by atoms with van der Waals surface area (Å²) in [5, 5.41) is 0.974. The molecule has 3 nitrogen and oxygen atoms in total. The van der Waals surface area contributed by atoms with Gasteiger partial charge in [0, 0.05) is 23.8 Å². The summed E-state index contributed by atoms with van der Waals surface area (Å²) in [5.41, 5.74) is 0.765. The molecular formula is C13H17O3P. The van der Waals surface area contributed by atoms with E-state index in [4.69, 9.17) is 8.94 Å². The first kappa shape index (κ1) is 12.3. The Hall–Kier alpha value is -1.21. The molecule has 0 fully saturated rings. The van der Waals surface area contributed by atoms with Crippen LogP contribution in [0.15, 0.2) is 34.7 Å². The van der Waals surface area contributed by atoms with Crippen LogP contribution in [-0.2, 0) is 4.57 Å². The Bertz CT molecular complexity index is 511. The topological polar surface area (TPSA) is 39.4 Å². The van der Waals surface area contributed by atoms with E-state index in [2.05, 4.69) is 0 Å². The van der Waals surface area contributed by atoms with Gasteiger partial charge in [0.05, 0.1) is 0 Å². The first-order valence-electron chi connectivity index (χ1n) is 5.93. The molecule has 0 N–H and O–H groups in total. The molecule has 0 aliphatic rings. The predicted molar refractivity (Wildman–Crippen MR) is 70.1 cm³/mol. The highest BCUT2D eigenvalue weighted by atomic mass is 31.2. The Kier molecular flexibility index (Phi) is 3.58. The van der Waals surface area contributed by atoms with Crippen LogP contribution >= 0.6 is 7.37 Å². The zero-order valence-electron chi connectivity index (χ0n) is 10.2. The molecule has 0 saturated carbocycles. The lowest BCUT2D eigenvalue weighted by Crippen LogP contribution is -1.99. The second-order valence-electron chi connectivity index (χ2n) is 4.05. The number of hydrogen-bond acceptors (Lipinski definition) is 3. The van der Waals surface area contributed by atoms with Gasteiger partial charge in [-0.2, -0.15) is 0 Å². The highest BCUT2D eigenvalue weighted by Gasteiger charge is 2.22. The van der Waals surface area contributed by atoms with Crippen molar-refractivity contribution in [2.75, 3.05) is 12.3 Å². The number of hydrogen-bond donors (Lipinski definition) is 0. The van der Waals surface area contributed by atoms with Gasteiger partial charge >= 0.3 is 0 Å². The summed E-state index contributed by atoms with van der Waals surface area (Å²) in [6.07, 6.45) is 1.99. The summed E-state index contributed by atoms with van der Waals surface area (Å²) in [6, 6.07) is 9.46. The largest absolute Gasteiger partial charge is 0.425 e. The zero-order chi connectivity index (χ0) is 12.3. The molecule has 1 aromatic carbocycles. The molecule has 2 rings (SSSR count). The Morgan fingerprint density at radius 3 is 2.71 bits per heavy atom. The average molecular weight is 252 g/mol. The molecule has 1 atom stereocenters. The van der Waals surface area contributed by atoms with Crippen molar-refractivity contribution in [3.05, 3.63) is 30.3 Å². The molecule has 2 aromatic rings. The van der Waals surface area contributed by atoms with Gasteiger partial charge in [-0.1, -0.05) is 32.0 Å².